The molecule has 0 amide bonds. The number of hydrogen-bond acceptors (Lipinski definition) is 7. The fraction of sp³-hybridized carbons (Fsp3) is 0.250. The highest BCUT2D eigenvalue weighted by atomic mass is 32.2. The fourth-order valence-corrected chi connectivity index (χ4v) is 3.07. The Morgan fingerprint density at radius 1 is 1.24 bits per heavy atom. The highest BCUT2D eigenvalue weighted by molar-refractivity contribution is 7.90. The molecule has 2 aromatic carbocycles. The van der Waals surface area contributed by atoms with Crippen LogP contribution in [0.5, 0.6) is 11.5 Å². The average molecular weight is 364 g/mol. The number of fused-ring (bicyclic) bond motifs is 1. The van der Waals surface area contributed by atoms with Gasteiger partial charge in [0, 0.05) is 12.3 Å². The fourth-order valence-electron chi connectivity index (χ4n) is 2.43. The zero-order chi connectivity index (χ0) is 18.0. The van der Waals surface area contributed by atoms with Crippen LogP contribution in [0.25, 0.3) is 0 Å². The molecule has 0 unspecified atom stereocenters. The molecule has 1 aliphatic rings. The average Bonchev–Trinajstić information content (AvgIpc) is 2.58. The molecule has 8 nitrogen and oxygen atoms in total. The molecule has 0 saturated carbocycles. The lowest BCUT2D eigenvalue weighted by Crippen LogP contribution is -2.35. The maximum atomic E-state index is 11.6. The van der Waals surface area contributed by atoms with Crippen LogP contribution in [0.2, 0.25) is 0 Å². The molecular weight excluding hydrogens is 348 g/mol. The highest BCUT2D eigenvalue weighted by Gasteiger charge is 2.23. The van der Waals surface area contributed by atoms with Gasteiger partial charge < -0.3 is 14.8 Å². The van der Waals surface area contributed by atoms with Crippen molar-refractivity contribution in [2.45, 2.75) is 11.0 Å². The van der Waals surface area contributed by atoms with Gasteiger partial charge in [-0.2, -0.15) is 0 Å². The van der Waals surface area contributed by atoms with E-state index in [1.165, 1.54) is 12.1 Å². The summed E-state index contributed by atoms with van der Waals surface area (Å²) < 4.78 is 34.5. The van der Waals surface area contributed by atoms with Crippen LogP contribution in [0, 0.1) is 10.1 Å². The van der Waals surface area contributed by atoms with Crippen LogP contribution in [-0.2, 0) is 9.84 Å². The van der Waals surface area contributed by atoms with Crippen molar-refractivity contribution in [1.29, 1.82) is 0 Å². The van der Waals surface area contributed by atoms with Crippen molar-refractivity contribution >= 4 is 21.2 Å². The standard InChI is InChI=1S/C16H16N2O6S/c1-25(21,22)12-6-7-13(14(8-12)18(19)20)17-9-11-10-23-15-4-2-3-5-16(15)24-11/h2-8,11,17H,9-10H2,1H3/t11-/m0/s1. The van der Waals surface area contributed by atoms with Crippen LogP contribution in [0.4, 0.5) is 11.4 Å². The van der Waals surface area contributed by atoms with Gasteiger partial charge in [-0.1, -0.05) is 12.1 Å². The molecule has 25 heavy (non-hydrogen) atoms. The summed E-state index contributed by atoms with van der Waals surface area (Å²) in [7, 11) is -3.52. The predicted molar refractivity (Wildman–Crippen MR) is 91.0 cm³/mol. The van der Waals surface area contributed by atoms with Crippen molar-refractivity contribution in [1.82, 2.24) is 0 Å². The van der Waals surface area contributed by atoms with E-state index in [9.17, 15) is 18.5 Å². The van der Waals surface area contributed by atoms with E-state index in [4.69, 9.17) is 9.47 Å². The molecule has 3 rings (SSSR count). The molecule has 0 fully saturated rings. The topological polar surface area (TPSA) is 108 Å². The van der Waals surface area contributed by atoms with Gasteiger partial charge in [0.1, 0.15) is 18.4 Å². The summed E-state index contributed by atoms with van der Waals surface area (Å²) in [6, 6.07) is 11.0. The largest absolute Gasteiger partial charge is 0.486 e. The van der Waals surface area contributed by atoms with Gasteiger partial charge in [0.05, 0.1) is 16.4 Å². The van der Waals surface area contributed by atoms with Gasteiger partial charge in [0.2, 0.25) is 0 Å². The molecule has 9 heteroatoms. The van der Waals surface area contributed by atoms with Gasteiger partial charge in [-0.05, 0) is 24.3 Å². The van der Waals surface area contributed by atoms with E-state index in [1.807, 2.05) is 12.1 Å². The molecule has 1 N–H and O–H groups in total. The molecule has 132 valence electrons. The third-order valence-electron chi connectivity index (χ3n) is 3.68. The maximum Gasteiger partial charge on any atom is 0.293 e. The molecule has 2 aromatic rings. The number of ether oxygens (including phenoxy) is 2. The second-order valence-corrected chi connectivity index (χ2v) is 7.60. The third-order valence-corrected chi connectivity index (χ3v) is 4.79. The summed E-state index contributed by atoms with van der Waals surface area (Å²) in [6.07, 6.45) is 0.674. The second kappa shape index (κ2) is 6.60. The number of nitro benzene ring substituents is 1. The number of benzene rings is 2. The van der Waals surface area contributed by atoms with Crippen molar-refractivity contribution in [3.8, 4) is 11.5 Å². The lowest BCUT2D eigenvalue weighted by molar-refractivity contribution is -0.384. The van der Waals surface area contributed by atoms with E-state index in [-0.39, 0.29) is 28.9 Å². The SMILES string of the molecule is CS(=O)(=O)c1ccc(NC[C@H]2COc3ccccc3O2)c([N+](=O)[O-])c1. The van der Waals surface area contributed by atoms with E-state index in [1.54, 1.807) is 12.1 Å². The summed E-state index contributed by atoms with van der Waals surface area (Å²) in [6.45, 7) is 0.576. The summed E-state index contributed by atoms with van der Waals surface area (Å²) in [5.74, 6) is 1.27. The summed E-state index contributed by atoms with van der Waals surface area (Å²) in [4.78, 5) is 10.5. The van der Waals surface area contributed by atoms with Crippen LogP contribution in [0.15, 0.2) is 47.4 Å². The molecule has 0 bridgehead atoms. The van der Waals surface area contributed by atoms with Gasteiger partial charge in [0.25, 0.3) is 5.69 Å². The van der Waals surface area contributed by atoms with E-state index < -0.39 is 14.8 Å². The van der Waals surface area contributed by atoms with Gasteiger partial charge in [-0.15, -0.1) is 0 Å². The molecule has 0 spiro atoms. The second-order valence-electron chi connectivity index (χ2n) is 5.59. The highest BCUT2D eigenvalue weighted by Crippen LogP contribution is 2.32. The van der Waals surface area contributed by atoms with Crippen LogP contribution < -0.4 is 14.8 Å². The zero-order valence-electron chi connectivity index (χ0n) is 13.3. The molecule has 1 aliphatic heterocycles. The molecule has 0 radical (unpaired) electrons. The molecular formula is C16H16N2O6S. The molecule has 1 atom stereocenters. The van der Waals surface area contributed by atoms with Gasteiger partial charge in [-0.3, -0.25) is 10.1 Å². The molecule has 0 aromatic heterocycles. The van der Waals surface area contributed by atoms with E-state index in [0.29, 0.717) is 18.1 Å². The summed E-state index contributed by atoms with van der Waals surface area (Å²) in [5.41, 5.74) is -0.0834. The Kier molecular flexibility index (Phi) is 4.49. The minimum absolute atomic E-state index is 0.101. The quantitative estimate of drug-likeness (QED) is 0.640. The first-order valence-electron chi connectivity index (χ1n) is 7.45. The van der Waals surface area contributed by atoms with Crippen LogP contribution in [0.3, 0.4) is 0 Å². The number of hydrogen-bond donors (Lipinski definition) is 1. The molecule has 0 aliphatic carbocycles. The lowest BCUT2D eigenvalue weighted by Gasteiger charge is -2.26. The van der Waals surface area contributed by atoms with Gasteiger partial charge >= 0.3 is 0 Å². The maximum absolute atomic E-state index is 11.6. The van der Waals surface area contributed by atoms with Crippen LogP contribution in [-0.4, -0.2) is 38.9 Å². The number of nitro groups is 1. The Morgan fingerprint density at radius 2 is 1.96 bits per heavy atom. The Balaban J connectivity index is 1.74. The normalized spacial score (nSPS) is 16.3. The number of anilines is 1. The first-order chi connectivity index (χ1) is 11.8. The summed E-state index contributed by atoms with van der Waals surface area (Å²) in [5, 5.41) is 14.2. The molecule has 0 saturated heterocycles. The van der Waals surface area contributed by atoms with Crippen molar-refractivity contribution in [3.05, 3.63) is 52.6 Å². The number of para-hydroxylation sites is 2. The monoisotopic (exact) mass is 364 g/mol. The third kappa shape index (κ3) is 3.82. The Bertz CT molecular complexity index is 913. The van der Waals surface area contributed by atoms with Crippen molar-refractivity contribution < 1.29 is 22.8 Å². The minimum Gasteiger partial charge on any atom is -0.486 e. The van der Waals surface area contributed by atoms with E-state index in [2.05, 4.69) is 5.32 Å². The van der Waals surface area contributed by atoms with Crippen molar-refractivity contribution in [2.75, 3.05) is 24.7 Å². The zero-order valence-corrected chi connectivity index (χ0v) is 14.2. The van der Waals surface area contributed by atoms with Crippen LogP contribution >= 0.6 is 0 Å². The van der Waals surface area contributed by atoms with E-state index in [0.717, 1.165) is 12.3 Å². The minimum atomic E-state index is -3.52. The van der Waals surface area contributed by atoms with Crippen molar-refractivity contribution in [2.24, 2.45) is 0 Å². The van der Waals surface area contributed by atoms with Gasteiger partial charge in [0.15, 0.2) is 21.3 Å². The smallest absolute Gasteiger partial charge is 0.293 e. The molecule has 1 heterocycles. The van der Waals surface area contributed by atoms with Gasteiger partial charge in [-0.25, -0.2) is 8.42 Å². The number of nitrogens with zero attached hydrogens (tertiary/aromatic N) is 1. The van der Waals surface area contributed by atoms with Crippen molar-refractivity contribution in [3.63, 3.8) is 0 Å². The first kappa shape index (κ1) is 17.0. The first-order valence-corrected chi connectivity index (χ1v) is 9.34. The van der Waals surface area contributed by atoms with Crippen LogP contribution in [0.1, 0.15) is 0 Å². The summed E-state index contributed by atoms with van der Waals surface area (Å²) >= 11 is 0. The Labute approximate surface area is 144 Å². The number of rotatable bonds is 5. The van der Waals surface area contributed by atoms with E-state index >= 15 is 0 Å². The predicted octanol–water partition coefficient (Wildman–Crippen LogP) is 2.25. The Hall–Kier alpha value is -2.81. The Morgan fingerprint density at radius 3 is 2.64 bits per heavy atom. The number of nitrogens with one attached hydrogen (secondary N) is 1. The number of sulfone groups is 1. The lowest BCUT2D eigenvalue weighted by atomic mass is 10.2.